The van der Waals surface area contributed by atoms with Gasteiger partial charge in [0.1, 0.15) is 0 Å². The van der Waals surface area contributed by atoms with Gasteiger partial charge in [-0.2, -0.15) is 0 Å². The summed E-state index contributed by atoms with van der Waals surface area (Å²) in [7, 11) is -1.34. The molecule has 2 N–H and O–H groups in total. The standard InChI is InChI=1S/C15H23N3O2S/c1-18-9-6-13(7-10-18)17-21(19,20)14-4-5-15-12(11-14)3-2-8-16-15/h4-5,11,13,16-17H,2-3,6-10H2,1H3. The first-order valence-corrected chi connectivity index (χ1v) is 9.10. The molecule has 0 radical (unpaired) electrons. The minimum absolute atomic E-state index is 0.0559. The van der Waals surface area contributed by atoms with E-state index in [1.165, 1.54) is 0 Å². The second-order valence-corrected chi connectivity index (χ2v) is 7.76. The maximum atomic E-state index is 12.5. The molecular formula is C15H23N3O2S. The lowest BCUT2D eigenvalue weighted by Gasteiger charge is -2.29. The number of nitrogens with one attached hydrogen (secondary N) is 2. The molecule has 2 heterocycles. The molecule has 2 aliphatic heterocycles. The molecule has 1 saturated heterocycles. The number of piperidine rings is 1. The molecule has 0 atom stereocenters. The minimum atomic E-state index is -3.41. The Morgan fingerprint density at radius 3 is 2.81 bits per heavy atom. The maximum Gasteiger partial charge on any atom is 0.240 e. The van der Waals surface area contributed by atoms with Gasteiger partial charge in [-0.05, 0) is 69.6 Å². The van der Waals surface area contributed by atoms with Crippen molar-refractivity contribution in [3.8, 4) is 0 Å². The van der Waals surface area contributed by atoms with E-state index in [1.54, 1.807) is 6.07 Å². The van der Waals surface area contributed by atoms with Crippen molar-refractivity contribution in [2.75, 3.05) is 32.0 Å². The van der Waals surface area contributed by atoms with Gasteiger partial charge in [-0.1, -0.05) is 0 Å². The number of benzene rings is 1. The molecule has 0 aromatic heterocycles. The molecule has 2 aliphatic rings. The smallest absolute Gasteiger partial charge is 0.240 e. The van der Waals surface area contributed by atoms with Crippen molar-refractivity contribution in [1.29, 1.82) is 0 Å². The zero-order valence-electron chi connectivity index (χ0n) is 12.4. The lowest BCUT2D eigenvalue weighted by atomic mass is 10.0. The average Bonchev–Trinajstić information content (AvgIpc) is 2.49. The van der Waals surface area contributed by atoms with Crippen LogP contribution in [0.3, 0.4) is 0 Å². The number of anilines is 1. The van der Waals surface area contributed by atoms with Crippen LogP contribution < -0.4 is 10.0 Å². The summed E-state index contributed by atoms with van der Waals surface area (Å²) in [6.45, 7) is 2.86. The molecule has 0 aliphatic carbocycles. The predicted molar refractivity (Wildman–Crippen MR) is 84.1 cm³/mol. The highest BCUT2D eigenvalue weighted by Crippen LogP contribution is 2.25. The molecule has 0 unspecified atom stereocenters. The van der Waals surface area contributed by atoms with E-state index in [0.717, 1.165) is 56.6 Å². The second kappa shape index (κ2) is 5.94. The molecule has 1 aromatic rings. The van der Waals surface area contributed by atoms with Gasteiger partial charge in [-0.25, -0.2) is 13.1 Å². The van der Waals surface area contributed by atoms with E-state index in [2.05, 4.69) is 22.0 Å². The molecule has 0 saturated carbocycles. The van der Waals surface area contributed by atoms with Gasteiger partial charge < -0.3 is 10.2 Å². The first-order valence-electron chi connectivity index (χ1n) is 7.62. The van der Waals surface area contributed by atoms with E-state index in [1.807, 2.05) is 12.1 Å². The Balaban J connectivity index is 1.75. The van der Waals surface area contributed by atoms with E-state index in [-0.39, 0.29) is 6.04 Å². The molecule has 6 heteroatoms. The fraction of sp³-hybridized carbons (Fsp3) is 0.600. The van der Waals surface area contributed by atoms with E-state index < -0.39 is 10.0 Å². The molecular weight excluding hydrogens is 286 g/mol. The van der Waals surface area contributed by atoms with Crippen LogP contribution in [-0.2, 0) is 16.4 Å². The van der Waals surface area contributed by atoms with Crippen molar-refractivity contribution in [2.45, 2.75) is 36.6 Å². The van der Waals surface area contributed by atoms with Gasteiger partial charge in [0.15, 0.2) is 0 Å². The van der Waals surface area contributed by atoms with Crippen LogP contribution in [0.15, 0.2) is 23.1 Å². The van der Waals surface area contributed by atoms with Gasteiger partial charge in [0, 0.05) is 18.3 Å². The number of aryl methyl sites for hydroxylation is 1. The van der Waals surface area contributed by atoms with Gasteiger partial charge in [0.2, 0.25) is 10.0 Å². The van der Waals surface area contributed by atoms with Crippen molar-refractivity contribution in [2.24, 2.45) is 0 Å². The summed E-state index contributed by atoms with van der Waals surface area (Å²) in [5.41, 5.74) is 2.17. The van der Waals surface area contributed by atoms with Crippen molar-refractivity contribution in [3.05, 3.63) is 23.8 Å². The molecule has 5 nitrogen and oxygen atoms in total. The van der Waals surface area contributed by atoms with Crippen LogP contribution >= 0.6 is 0 Å². The molecule has 116 valence electrons. The largest absolute Gasteiger partial charge is 0.385 e. The van der Waals surface area contributed by atoms with Gasteiger partial charge in [0.05, 0.1) is 4.90 Å². The fourth-order valence-corrected chi connectivity index (χ4v) is 4.39. The number of hydrogen-bond donors (Lipinski definition) is 2. The average molecular weight is 309 g/mol. The predicted octanol–water partition coefficient (Wildman–Crippen LogP) is 1.42. The van der Waals surface area contributed by atoms with Gasteiger partial charge in [-0.3, -0.25) is 0 Å². The summed E-state index contributed by atoms with van der Waals surface area (Å²) < 4.78 is 27.9. The molecule has 0 amide bonds. The zero-order chi connectivity index (χ0) is 14.9. The zero-order valence-corrected chi connectivity index (χ0v) is 13.2. The van der Waals surface area contributed by atoms with Gasteiger partial charge in [0.25, 0.3) is 0 Å². The Morgan fingerprint density at radius 1 is 1.29 bits per heavy atom. The molecule has 1 aromatic carbocycles. The summed E-state index contributed by atoms with van der Waals surface area (Å²) in [5, 5.41) is 3.31. The first-order chi connectivity index (χ1) is 10.0. The van der Waals surface area contributed by atoms with E-state index in [9.17, 15) is 8.42 Å². The third kappa shape index (κ3) is 3.39. The Kier molecular flexibility index (Phi) is 4.19. The lowest BCUT2D eigenvalue weighted by Crippen LogP contribution is -2.43. The Labute approximate surface area is 126 Å². The lowest BCUT2D eigenvalue weighted by molar-refractivity contribution is 0.248. The number of rotatable bonds is 3. The summed E-state index contributed by atoms with van der Waals surface area (Å²) in [6, 6.07) is 5.46. The summed E-state index contributed by atoms with van der Waals surface area (Å²) in [5.74, 6) is 0. The Hall–Kier alpha value is -1.11. The normalized spacial score (nSPS) is 20.8. The Bertz CT molecular complexity index is 607. The van der Waals surface area contributed by atoms with Crippen molar-refractivity contribution in [1.82, 2.24) is 9.62 Å². The highest BCUT2D eigenvalue weighted by Gasteiger charge is 2.24. The van der Waals surface area contributed by atoms with Crippen LogP contribution in [0.1, 0.15) is 24.8 Å². The number of hydrogen-bond acceptors (Lipinski definition) is 4. The van der Waals surface area contributed by atoms with Crippen LogP contribution in [0, 0.1) is 0 Å². The number of fused-ring (bicyclic) bond motifs is 1. The van der Waals surface area contributed by atoms with E-state index in [0.29, 0.717) is 4.90 Å². The van der Waals surface area contributed by atoms with Gasteiger partial charge >= 0.3 is 0 Å². The van der Waals surface area contributed by atoms with Crippen LogP contribution in [0.2, 0.25) is 0 Å². The van der Waals surface area contributed by atoms with Crippen molar-refractivity contribution >= 4 is 15.7 Å². The van der Waals surface area contributed by atoms with Crippen molar-refractivity contribution < 1.29 is 8.42 Å². The monoisotopic (exact) mass is 309 g/mol. The Morgan fingerprint density at radius 2 is 2.05 bits per heavy atom. The molecule has 21 heavy (non-hydrogen) atoms. The number of likely N-dealkylation sites (tertiary alicyclic amines) is 1. The number of nitrogens with zero attached hydrogens (tertiary/aromatic N) is 1. The van der Waals surface area contributed by atoms with Crippen LogP contribution in [0.4, 0.5) is 5.69 Å². The van der Waals surface area contributed by atoms with Gasteiger partial charge in [-0.15, -0.1) is 0 Å². The fourth-order valence-electron chi connectivity index (χ4n) is 3.03. The van der Waals surface area contributed by atoms with Crippen molar-refractivity contribution in [3.63, 3.8) is 0 Å². The van der Waals surface area contributed by atoms with Crippen LogP contribution in [0.25, 0.3) is 0 Å². The second-order valence-electron chi connectivity index (χ2n) is 6.05. The third-order valence-corrected chi connectivity index (χ3v) is 5.88. The molecule has 0 spiro atoms. The summed E-state index contributed by atoms with van der Waals surface area (Å²) in [6.07, 6.45) is 3.75. The third-order valence-electron chi connectivity index (χ3n) is 4.37. The minimum Gasteiger partial charge on any atom is -0.385 e. The quantitative estimate of drug-likeness (QED) is 0.886. The maximum absolute atomic E-state index is 12.5. The molecule has 0 bridgehead atoms. The topological polar surface area (TPSA) is 61.4 Å². The SMILES string of the molecule is CN1CCC(NS(=O)(=O)c2ccc3c(c2)CCCN3)CC1. The van der Waals surface area contributed by atoms with E-state index in [4.69, 9.17) is 0 Å². The van der Waals surface area contributed by atoms with Crippen LogP contribution in [-0.4, -0.2) is 46.0 Å². The first kappa shape index (κ1) is 14.8. The highest BCUT2D eigenvalue weighted by molar-refractivity contribution is 7.89. The summed E-state index contributed by atoms with van der Waals surface area (Å²) in [4.78, 5) is 2.62. The number of sulfonamides is 1. The van der Waals surface area contributed by atoms with Crippen LogP contribution in [0.5, 0.6) is 0 Å². The van der Waals surface area contributed by atoms with E-state index >= 15 is 0 Å². The summed E-state index contributed by atoms with van der Waals surface area (Å²) >= 11 is 0. The highest BCUT2D eigenvalue weighted by atomic mass is 32.2. The molecule has 3 rings (SSSR count). The molecule has 1 fully saturated rings.